The largest absolute Gasteiger partial charge is 0.352 e. The minimum atomic E-state index is 0.0176. The van der Waals surface area contributed by atoms with Gasteiger partial charge in [-0.25, -0.2) is 0 Å². The first-order valence-electron chi connectivity index (χ1n) is 5.89. The number of hydrogen-bond donors (Lipinski definition) is 1. The van der Waals surface area contributed by atoms with Gasteiger partial charge in [-0.15, -0.1) is 0 Å². The molecule has 0 saturated heterocycles. The van der Waals surface area contributed by atoms with E-state index in [1.165, 1.54) is 5.56 Å². The summed E-state index contributed by atoms with van der Waals surface area (Å²) in [5.74, 6) is 1.01. The molecule has 1 amide bonds. The van der Waals surface area contributed by atoms with E-state index < -0.39 is 0 Å². The molecule has 1 rings (SSSR count). The highest BCUT2D eigenvalue weighted by molar-refractivity contribution is 5.94. The lowest BCUT2D eigenvalue weighted by atomic mass is 10.0. The van der Waals surface area contributed by atoms with Gasteiger partial charge in [0.15, 0.2) is 0 Å². The van der Waals surface area contributed by atoms with E-state index in [0.717, 1.165) is 12.1 Å². The second-order valence-electron chi connectivity index (χ2n) is 4.88. The van der Waals surface area contributed by atoms with Crippen molar-refractivity contribution in [2.75, 3.05) is 6.54 Å². The molecule has 0 saturated carbocycles. The molecule has 0 bridgehead atoms. The first kappa shape index (κ1) is 12.8. The molecule has 0 spiro atoms. The van der Waals surface area contributed by atoms with Gasteiger partial charge in [-0.1, -0.05) is 39.8 Å². The molecule has 0 aliphatic rings. The summed E-state index contributed by atoms with van der Waals surface area (Å²) >= 11 is 0. The Labute approximate surface area is 98.1 Å². The van der Waals surface area contributed by atoms with Crippen molar-refractivity contribution in [2.45, 2.75) is 33.6 Å². The van der Waals surface area contributed by atoms with Crippen LogP contribution in [-0.4, -0.2) is 12.5 Å². The lowest BCUT2D eigenvalue weighted by Crippen LogP contribution is -2.27. The molecule has 0 atom stereocenters. The fourth-order valence-electron chi connectivity index (χ4n) is 1.42. The van der Waals surface area contributed by atoms with Crippen LogP contribution in [0.4, 0.5) is 0 Å². The Balaban J connectivity index is 2.63. The third kappa shape index (κ3) is 3.69. The normalized spacial score (nSPS) is 10.9. The fraction of sp³-hybridized carbons (Fsp3) is 0.500. The molecular formula is C14H21NO. The first-order chi connectivity index (χ1) is 7.50. The van der Waals surface area contributed by atoms with E-state index in [9.17, 15) is 4.79 Å². The third-order valence-electron chi connectivity index (χ3n) is 2.51. The van der Waals surface area contributed by atoms with Crippen molar-refractivity contribution in [3.8, 4) is 0 Å². The Morgan fingerprint density at radius 1 is 1.12 bits per heavy atom. The second-order valence-corrected chi connectivity index (χ2v) is 4.88. The maximum atomic E-state index is 11.7. The highest BCUT2D eigenvalue weighted by Gasteiger charge is 2.06. The first-order valence-corrected chi connectivity index (χ1v) is 5.89. The van der Waals surface area contributed by atoms with E-state index >= 15 is 0 Å². The molecule has 88 valence electrons. The molecule has 0 aliphatic heterocycles. The topological polar surface area (TPSA) is 29.1 Å². The van der Waals surface area contributed by atoms with Gasteiger partial charge in [0, 0.05) is 12.1 Å². The molecule has 0 aromatic heterocycles. The standard InChI is InChI=1S/C14H21NO/c1-10(2)9-15-14(16)13-7-5-12(6-8-13)11(3)4/h5-8,10-11H,9H2,1-4H3,(H,15,16). The summed E-state index contributed by atoms with van der Waals surface area (Å²) in [4.78, 5) is 11.7. The van der Waals surface area contributed by atoms with Crippen LogP contribution in [0.2, 0.25) is 0 Å². The van der Waals surface area contributed by atoms with Crippen LogP contribution in [-0.2, 0) is 0 Å². The van der Waals surface area contributed by atoms with E-state index in [4.69, 9.17) is 0 Å². The minimum Gasteiger partial charge on any atom is -0.352 e. The van der Waals surface area contributed by atoms with Gasteiger partial charge in [0.1, 0.15) is 0 Å². The monoisotopic (exact) mass is 219 g/mol. The van der Waals surface area contributed by atoms with E-state index in [1.807, 2.05) is 24.3 Å². The van der Waals surface area contributed by atoms with Crippen LogP contribution in [0.3, 0.4) is 0 Å². The highest BCUT2D eigenvalue weighted by Crippen LogP contribution is 2.14. The Kier molecular flexibility index (Phi) is 4.53. The quantitative estimate of drug-likeness (QED) is 0.827. The van der Waals surface area contributed by atoms with Gasteiger partial charge in [-0.05, 0) is 29.5 Å². The smallest absolute Gasteiger partial charge is 0.251 e. The predicted molar refractivity (Wildman–Crippen MR) is 67.7 cm³/mol. The van der Waals surface area contributed by atoms with Crippen molar-refractivity contribution in [3.63, 3.8) is 0 Å². The maximum absolute atomic E-state index is 11.7. The second kappa shape index (κ2) is 5.69. The lowest BCUT2D eigenvalue weighted by molar-refractivity contribution is 0.0949. The van der Waals surface area contributed by atoms with Gasteiger partial charge in [-0.3, -0.25) is 4.79 Å². The Hall–Kier alpha value is -1.31. The van der Waals surface area contributed by atoms with Crippen molar-refractivity contribution in [2.24, 2.45) is 5.92 Å². The SMILES string of the molecule is CC(C)CNC(=O)c1ccc(C(C)C)cc1. The minimum absolute atomic E-state index is 0.0176. The number of carbonyl (C=O) groups excluding carboxylic acids is 1. The van der Waals surface area contributed by atoms with E-state index in [-0.39, 0.29) is 5.91 Å². The van der Waals surface area contributed by atoms with Gasteiger partial charge in [0.2, 0.25) is 0 Å². The van der Waals surface area contributed by atoms with Gasteiger partial charge < -0.3 is 5.32 Å². The summed E-state index contributed by atoms with van der Waals surface area (Å²) < 4.78 is 0. The van der Waals surface area contributed by atoms with Crippen molar-refractivity contribution in [1.29, 1.82) is 0 Å². The lowest BCUT2D eigenvalue weighted by Gasteiger charge is -2.09. The summed E-state index contributed by atoms with van der Waals surface area (Å²) in [5.41, 5.74) is 2.01. The number of amides is 1. The number of hydrogen-bond acceptors (Lipinski definition) is 1. The molecule has 0 radical (unpaired) electrons. The average molecular weight is 219 g/mol. The van der Waals surface area contributed by atoms with Crippen molar-refractivity contribution in [3.05, 3.63) is 35.4 Å². The zero-order valence-corrected chi connectivity index (χ0v) is 10.6. The maximum Gasteiger partial charge on any atom is 0.251 e. The molecule has 0 fully saturated rings. The van der Waals surface area contributed by atoms with E-state index in [1.54, 1.807) is 0 Å². The molecule has 0 heterocycles. The molecule has 1 N–H and O–H groups in total. The molecule has 1 aromatic carbocycles. The Morgan fingerprint density at radius 2 is 1.69 bits per heavy atom. The van der Waals surface area contributed by atoms with Gasteiger partial charge >= 0.3 is 0 Å². The van der Waals surface area contributed by atoms with Crippen LogP contribution in [0.25, 0.3) is 0 Å². The van der Waals surface area contributed by atoms with Crippen LogP contribution in [0.5, 0.6) is 0 Å². The number of nitrogens with one attached hydrogen (secondary N) is 1. The van der Waals surface area contributed by atoms with Crippen molar-refractivity contribution in [1.82, 2.24) is 5.32 Å². The Bertz CT molecular complexity index is 338. The highest BCUT2D eigenvalue weighted by atomic mass is 16.1. The average Bonchev–Trinajstić information content (AvgIpc) is 2.26. The van der Waals surface area contributed by atoms with Gasteiger partial charge in [0.25, 0.3) is 5.91 Å². The van der Waals surface area contributed by atoms with Gasteiger partial charge in [0.05, 0.1) is 0 Å². The van der Waals surface area contributed by atoms with Gasteiger partial charge in [-0.2, -0.15) is 0 Å². The zero-order chi connectivity index (χ0) is 12.1. The molecule has 1 aromatic rings. The molecule has 2 heteroatoms. The molecule has 0 unspecified atom stereocenters. The third-order valence-corrected chi connectivity index (χ3v) is 2.51. The number of benzene rings is 1. The molecular weight excluding hydrogens is 198 g/mol. The van der Waals surface area contributed by atoms with E-state index in [2.05, 4.69) is 33.0 Å². The van der Waals surface area contributed by atoms with Crippen LogP contribution in [0.15, 0.2) is 24.3 Å². The molecule has 0 aliphatic carbocycles. The summed E-state index contributed by atoms with van der Waals surface area (Å²) in [5, 5.41) is 2.91. The van der Waals surface area contributed by atoms with Crippen LogP contribution < -0.4 is 5.32 Å². The summed E-state index contributed by atoms with van der Waals surface area (Å²) in [6.45, 7) is 9.19. The van der Waals surface area contributed by atoms with Crippen molar-refractivity contribution < 1.29 is 4.79 Å². The predicted octanol–water partition coefficient (Wildman–Crippen LogP) is 3.20. The van der Waals surface area contributed by atoms with Crippen LogP contribution in [0.1, 0.15) is 49.5 Å². The summed E-state index contributed by atoms with van der Waals surface area (Å²) in [7, 11) is 0. The van der Waals surface area contributed by atoms with E-state index in [0.29, 0.717) is 11.8 Å². The summed E-state index contributed by atoms with van der Waals surface area (Å²) in [6.07, 6.45) is 0. The van der Waals surface area contributed by atoms with Crippen molar-refractivity contribution >= 4 is 5.91 Å². The molecule has 16 heavy (non-hydrogen) atoms. The zero-order valence-electron chi connectivity index (χ0n) is 10.6. The number of rotatable bonds is 4. The van der Waals surface area contributed by atoms with Crippen LogP contribution in [0, 0.1) is 5.92 Å². The summed E-state index contributed by atoms with van der Waals surface area (Å²) in [6, 6.07) is 7.83. The number of carbonyl (C=O) groups is 1. The molecule has 2 nitrogen and oxygen atoms in total. The fourth-order valence-corrected chi connectivity index (χ4v) is 1.42. The van der Waals surface area contributed by atoms with Crippen LogP contribution >= 0.6 is 0 Å². The Morgan fingerprint density at radius 3 is 2.12 bits per heavy atom.